The maximum absolute atomic E-state index is 11.5. The summed E-state index contributed by atoms with van der Waals surface area (Å²) in [6.45, 7) is 3.01. The van der Waals surface area contributed by atoms with E-state index < -0.39 is 9.84 Å². The fraction of sp³-hybridized carbons (Fsp3) is 0.500. The molecule has 1 aromatic carbocycles. The van der Waals surface area contributed by atoms with Crippen LogP contribution in [0, 0.1) is 0 Å². The number of hydrogen-bond donors (Lipinski definition) is 2. The highest BCUT2D eigenvalue weighted by Crippen LogP contribution is 2.17. The van der Waals surface area contributed by atoms with Gasteiger partial charge in [0.1, 0.15) is 9.84 Å². The summed E-state index contributed by atoms with van der Waals surface area (Å²) in [4.78, 5) is 22.2. The molecule has 134 valence electrons. The van der Waals surface area contributed by atoms with Gasteiger partial charge in [-0.25, -0.2) is 8.42 Å². The van der Waals surface area contributed by atoms with Gasteiger partial charge in [0.05, 0.1) is 5.75 Å². The van der Waals surface area contributed by atoms with Crippen molar-refractivity contribution in [2.45, 2.75) is 19.4 Å². The van der Waals surface area contributed by atoms with Crippen molar-refractivity contribution in [1.29, 1.82) is 0 Å². The third kappa shape index (κ3) is 8.07. The van der Waals surface area contributed by atoms with Gasteiger partial charge in [-0.15, -0.1) is 0 Å². The number of sulfone groups is 1. The Morgan fingerprint density at radius 1 is 1.33 bits per heavy atom. The molecule has 0 aromatic heterocycles. The number of carboxylic acid groups (broad SMARTS) is 1. The predicted octanol–water partition coefficient (Wildman–Crippen LogP) is 0.296. The second-order valence-electron chi connectivity index (χ2n) is 5.63. The summed E-state index contributed by atoms with van der Waals surface area (Å²) in [6.07, 6.45) is 2.23. The van der Waals surface area contributed by atoms with Crippen LogP contribution in [0.3, 0.4) is 0 Å². The Bertz CT molecular complexity index is 646. The molecule has 0 atom stereocenters. The number of rotatable bonds is 6. The van der Waals surface area contributed by atoms with Gasteiger partial charge in [-0.05, 0) is 17.5 Å². The van der Waals surface area contributed by atoms with Gasteiger partial charge in [0.25, 0.3) is 6.47 Å². The third-order valence-corrected chi connectivity index (χ3v) is 4.61. The van der Waals surface area contributed by atoms with Gasteiger partial charge in [-0.1, -0.05) is 24.3 Å². The SMILES string of the molecule is CS(=O)(=O)CCC(=O)NCCN1CCc2ccccc2C1.O=CO. The maximum atomic E-state index is 11.5. The highest BCUT2D eigenvalue weighted by atomic mass is 32.2. The van der Waals surface area contributed by atoms with Gasteiger partial charge in [0.2, 0.25) is 5.91 Å². The lowest BCUT2D eigenvalue weighted by Crippen LogP contribution is -2.38. The summed E-state index contributed by atoms with van der Waals surface area (Å²) in [5.74, 6) is -0.284. The molecule has 1 heterocycles. The molecule has 1 aliphatic heterocycles. The van der Waals surface area contributed by atoms with Crippen LogP contribution in [-0.2, 0) is 32.4 Å². The molecular formula is C16H24N2O5S. The molecule has 1 aliphatic rings. The number of nitrogens with zero attached hydrogens (tertiary/aromatic N) is 1. The van der Waals surface area contributed by atoms with E-state index in [1.807, 2.05) is 0 Å². The summed E-state index contributed by atoms with van der Waals surface area (Å²) in [5, 5.41) is 9.67. The Labute approximate surface area is 142 Å². The van der Waals surface area contributed by atoms with Crippen molar-refractivity contribution >= 4 is 22.2 Å². The lowest BCUT2D eigenvalue weighted by Gasteiger charge is -2.28. The van der Waals surface area contributed by atoms with E-state index in [4.69, 9.17) is 9.90 Å². The summed E-state index contributed by atoms with van der Waals surface area (Å²) < 4.78 is 22.0. The Kier molecular flexibility index (Phi) is 8.42. The minimum Gasteiger partial charge on any atom is -0.483 e. The molecule has 2 rings (SSSR count). The number of hydrogen-bond acceptors (Lipinski definition) is 5. The predicted molar refractivity (Wildman–Crippen MR) is 91.5 cm³/mol. The summed E-state index contributed by atoms with van der Waals surface area (Å²) in [5.41, 5.74) is 2.76. The average Bonchev–Trinajstić information content (AvgIpc) is 2.53. The first-order valence-electron chi connectivity index (χ1n) is 7.67. The quantitative estimate of drug-likeness (QED) is 0.711. The molecule has 2 N–H and O–H groups in total. The van der Waals surface area contributed by atoms with Crippen molar-refractivity contribution in [3.05, 3.63) is 35.4 Å². The van der Waals surface area contributed by atoms with Gasteiger partial charge >= 0.3 is 0 Å². The molecule has 24 heavy (non-hydrogen) atoms. The van der Waals surface area contributed by atoms with Crippen LogP contribution in [0.5, 0.6) is 0 Å². The first-order valence-corrected chi connectivity index (χ1v) is 9.73. The number of fused-ring (bicyclic) bond motifs is 1. The van der Waals surface area contributed by atoms with E-state index in [9.17, 15) is 13.2 Å². The van der Waals surface area contributed by atoms with Crippen LogP contribution in [0.4, 0.5) is 0 Å². The number of nitrogens with one attached hydrogen (secondary N) is 1. The van der Waals surface area contributed by atoms with E-state index in [0.717, 1.165) is 32.3 Å². The lowest BCUT2D eigenvalue weighted by molar-refractivity contribution is -0.123. The normalized spacial score (nSPS) is 14.0. The molecule has 7 nitrogen and oxygen atoms in total. The fourth-order valence-corrected chi connectivity index (χ4v) is 3.02. The van der Waals surface area contributed by atoms with Gasteiger partial charge < -0.3 is 10.4 Å². The molecule has 0 bridgehead atoms. The van der Waals surface area contributed by atoms with E-state index in [-0.39, 0.29) is 24.6 Å². The van der Waals surface area contributed by atoms with Gasteiger partial charge in [-0.2, -0.15) is 0 Å². The minimum absolute atomic E-state index is 0.0433. The first-order chi connectivity index (χ1) is 11.4. The molecule has 0 radical (unpaired) electrons. The van der Waals surface area contributed by atoms with Gasteiger partial charge in [-0.3, -0.25) is 14.5 Å². The second kappa shape index (κ2) is 10.0. The summed E-state index contributed by atoms with van der Waals surface area (Å²) >= 11 is 0. The fourth-order valence-electron chi connectivity index (χ4n) is 2.46. The lowest BCUT2D eigenvalue weighted by atomic mass is 10.00. The van der Waals surface area contributed by atoms with Crippen LogP contribution in [0.15, 0.2) is 24.3 Å². The van der Waals surface area contributed by atoms with Crippen LogP contribution in [-0.4, -0.2) is 62.4 Å². The highest BCUT2D eigenvalue weighted by molar-refractivity contribution is 7.90. The zero-order chi connectivity index (χ0) is 18.0. The molecule has 0 aliphatic carbocycles. The van der Waals surface area contributed by atoms with Crippen molar-refractivity contribution in [2.75, 3.05) is 31.6 Å². The molecular weight excluding hydrogens is 332 g/mol. The van der Waals surface area contributed by atoms with Crippen LogP contribution in [0.1, 0.15) is 17.5 Å². The van der Waals surface area contributed by atoms with Crippen molar-refractivity contribution in [3.8, 4) is 0 Å². The van der Waals surface area contributed by atoms with Crippen molar-refractivity contribution in [3.63, 3.8) is 0 Å². The Hall–Kier alpha value is -1.93. The molecule has 0 unspecified atom stereocenters. The number of amides is 1. The van der Waals surface area contributed by atoms with E-state index >= 15 is 0 Å². The molecule has 8 heteroatoms. The number of carbonyl (C=O) groups excluding carboxylic acids is 1. The maximum Gasteiger partial charge on any atom is 0.290 e. The van der Waals surface area contributed by atoms with Gasteiger partial charge in [0.15, 0.2) is 0 Å². The summed E-state index contributed by atoms with van der Waals surface area (Å²) in [6, 6.07) is 8.43. The molecule has 0 saturated heterocycles. The van der Waals surface area contributed by atoms with Crippen LogP contribution >= 0.6 is 0 Å². The van der Waals surface area contributed by atoms with E-state index in [1.54, 1.807) is 0 Å². The molecule has 0 fully saturated rings. The van der Waals surface area contributed by atoms with Crippen LogP contribution < -0.4 is 5.32 Å². The zero-order valence-corrected chi connectivity index (χ0v) is 14.6. The van der Waals surface area contributed by atoms with Crippen molar-refractivity contribution in [2.24, 2.45) is 0 Å². The number of carbonyl (C=O) groups is 2. The largest absolute Gasteiger partial charge is 0.483 e. The van der Waals surface area contributed by atoms with E-state index in [0.29, 0.717) is 6.54 Å². The molecule has 0 spiro atoms. The van der Waals surface area contributed by atoms with Crippen molar-refractivity contribution < 1.29 is 23.1 Å². The average molecular weight is 356 g/mol. The Balaban J connectivity index is 0.000000891. The molecule has 1 amide bonds. The van der Waals surface area contributed by atoms with E-state index in [2.05, 4.69) is 34.5 Å². The molecule has 0 saturated carbocycles. The smallest absolute Gasteiger partial charge is 0.290 e. The first kappa shape index (κ1) is 20.1. The highest BCUT2D eigenvalue weighted by Gasteiger charge is 2.15. The van der Waals surface area contributed by atoms with Crippen LogP contribution in [0.25, 0.3) is 0 Å². The second-order valence-corrected chi connectivity index (χ2v) is 7.89. The standard InChI is InChI=1S/C15H22N2O3S.CH2O2/c1-21(19,20)11-7-15(18)16-8-10-17-9-6-13-4-2-3-5-14(13)12-17;2-1-3/h2-5H,6-12H2,1H3,(H,16,18);1H,(H,2,3). The summed E-state index contributed by atoms with van der Waals surface area (Å²) in [7, 11) is -3.07. The monoisotopic (exact) mass is 356 g/mol. The Morgan fingerprint density at radius 2 is 1.96 bits per heavy atom. The molecule has 1 aromatic rings. The topological polar surface area (TPSA) is 104 Å². The Morgan fingerprint density at radius 3 is 2.58 bits per heavy atom. The van der Waals surface area contributed by atoms with Gasteiger partial charge in [0, 0.05) is 38.9 Å². The third-order valence-electron chi connectivity index (χ3n) is 3.66. The van der Waals surface area contributed by atoms with E-state index in [1.165, 1.54) is 11.1 Å². The van der Waals surface area contributed by atoms with Crippen LogP contribution in [0.2, 0.25) is 0 Å². The van der Waals surface area contributed by atoms with Crippen molar-refractivity contribution in [1.82, 2.24) is 10.2 Å². The minimum atomic E-state index is -3.07. The number of benzene rings is 1. The zero-order valence-electron chi connectivity index (χ0n) is 13.8.